The molecule has 48 valence electrons. The van der Waals surface area contributed by atoms with Crippen LogP contribution in [0.3, 0.4) is 0 Å². The van der Waals surface area contributed by atoms with E-state index in [4.69, 9.17) is 16.3 Å². The van der Waals surface area contributed by atoms with E-state index in [2.05, 4.69) is 4.98 Å². The van der Waals surface area contributed by atoms with Crippen LogP contribution in [0.4, 0.5) is 0 Å². The maximum absolute atomic E-state index is 5.27. The van der Waals surface area contributed by atoms with Crippen LogP contribution in [-0.2, 0) is 0 Å². The second kappa shape index (κ2) is 3.30. The Hall–Kier alpha value is -0.760. The highest BCUT2D eigenvalue weighted by Crippen LogP contribution is 2.02. The van der Waals surface area contributed by atoms with E-state index in [1.807, 2.05) is 12.1 Å². The maximum atomic E-state index is 5.27. The van der Waals surface area contributed by atoms with Crippen LogP contribution in [-0.4, -0.2) is 11.1 Å². The Morgan fingerprint density at radius 3 is 3.00 bits per heavy atom. The highest BCUT2D eigenvalue weighted by molar-refractivity contribution is 6.17. The fourth-order valence-corrected chi connectivity index (χ4v) is 0.600. The van der Waals surface area contributed by atoms with Crippen LogP contribution >= 0.6 is 11.6 Å². The van der Waals surface area contributed by atoms with E-state index >= 15 is 0 Å². The maximum Gasteiger partial charge on any atom is 0.214 e. The molecule has 0 aromatic carbocycles. The average Bonchev–Trinajstić information content (AvgIpc) is 1.91. The largest absolute Gasteiger partial charge is 0.461 e. The van der Waals surface area contributed by atoms with Gasteiger partial charge < -0.3 is 4.74 Å². The highest BCUT2D eigenvalue weighted by Gasteiger charge is 1.86. The molecule has 9 heavy (non-hydrogen) atoms. The van der Waals surface area contributed by atoms with Gasteiger partial charge in [0, 0.05) is 12.3 Å². The van der Waals surface area contributed by atoms with Crippen molar-refractivity contribution < 1.29 is 4.74 Å². The first-order valence-corrected chi connectivity index (χ1v) is 3.07. The van der Waals surface area contributed by atoms with Gasteiger partial charge in [-0.2, -0.15) is 0 Å². The summed E-state index contributed by atoms with van der Waals surface area (Å²) < 4.78 is 4.86. The molecular formula is C6H6ClNO. The molecule has 0 saturated heterocycles. The average molecular weight is 144 g/mol. The fraction of sp³-hybridized carbons (Fsp3) is 0.167. The van der Waals surface area contributed by atoms with Crippen molar-refractivity contribution in [2.24, 2.45) is 0 Å². The number of halogens is 1. The van der Waals surface area contributed by atoms with Gasteiger partial charge in [0.25, 0.3) is 0 Å². The molecule has 0 aliphatic rings. The summed E-state index contributed by atoms with van der Waals surface area (Å²) in [6, 6.07) is 5.56. The van der Waals surface area contributed by atoms with E-state index < -0.39 is 0 Å². The van der Waals surface area contributed by atoms with Crippen LogP contribution in [0.1, 0.15) is 0 Å². The Bertz CT molecular complexity index is 166. The second-order valence-corrected chi connectivity index (χ2v) is 1.64. The zero-order valence-electron chi connectivity index (χ0n) is 4.75. The molecule has 0 aliphatic heterocycles. The van der Waals surface area contributed by atoms with Crippen molar-refractivity contribution in [3.05, 3.63) is 24.4 Å². The summed E-state index contributed by atoms with van der Waals surface area (Å²) in [4.78, 5) is 3.86. The van der Waals surface area contributed by atoms with Crippen LogP contribution in [0, 0.1) is 0 Å². The van der Waals surface area contributed by atoms with Gasteiger partial charge in [-0.15, -0.1) is 0 Å². The third-order valence-corrected chi connectivity index (χ3v) is 0.949. The molecule has 0 amide bonds. The number of nitrogens with zero attached hydrogens (tertiary/aromatic N) is 1. The lowest BCUT2D eigenvalue weighted by Crippen LogP contribution is -1.89. The number of hydrogen-bond acceptors (Lipinski definition) is 2. The first-order valence-electron chi connectivity index (χ1n) is 2.53. The lowest BCUT2D eigenvalue weighted by molar-refractivity contribution is 0.372. The number of ether oxygens (including phenoxy) is 1. The standard InChI is InChI=1S/C6H6ClNO/c7-5-9-6-3-1-2-4-8-6/h1-4H,5H2. The number of aromatic nitrogens is 1. The summed E-state index contributed by atoms with van der Waals surface area (Å²) in [5, 5.41) is 0. The molecule has 0 atom stereocenters. The van der Waals surface area contributed by atoms with Crippen molar-refractivity contribution >= 4 is 11.6 Å². The van der Waals surface area contributed by atoms with E-state index in [-0.39, 0.29) is 6.07 Å². The molecule has 0 bridgehead atoms. The molecule has 3 heteroatoms. The molecule has 2 nitrogen and oxygen atoms in total. The van der Waals surface area contributed by atoms with Gasteiger partial charge in [-0.3, -0.25) is 0 Å². The van der Waals surface area contributed by atoms with Gasteiger partial charge >= 0.3 is 0 Å². The van der Waals surface area contributed by atoms with E-state index in [1.165, 1.54) is 0 Å². The van der Waals surface area contributed by atoms with Crippen molar-refractivity contribution in [1.82, 2.24) is 4.98 Å². The van der Waals surface area contributed by atoms with E-state index in [0.717, 1.165) is 0 Å². The highest BCUT2D eigenvalue weighted by atomic mass is 35.5. The Kier molecular flexibility index (Phi) is 2.33. The van der Waals surface area contributed by atoms with Crippen molar-refractivity contribution in [2.75, 3.05) is 6.07 Å². The van der Waals surface area contributed by atoms with Gasteiger partial charge in [0.15, 0.2) is 6.07 Å². The Morgan fingerprint density at radius 2 is 2.44 bits per heavy atom. The van der Waals surface area contributed by atoms with Gasteiger partial charge in [-0.1, -0.05) is 17.7 Å². The van der Waals surface area contributed by atoms with E-state index in [0.29, 0.717) is 5.88 Å². The van der Waals surface area contributed by atoms with Gasteiger partial charge in [0.2, 0.25) is 5.88 Å². The minimum atomic E-state index is 0.150. The summed E-state index contributed by atoms with van der Waals surface area (Å²) in [6.07, 6.45) is 1.65. The SMILES string of the molecule is ClCOc1ccccn1. The van der Waals surface area contributed by atoms with Gasteiger partial charge in [0.1, 0.15) is 0 Å². The van der Waals surface area contributed by atoms with Crippen LogP contribution < -0.4 is 4.74 Å². The Labute approximate surface area is 58.4 Å². The Morgan fingerprint density at radius 1 is 1.56 bits per heavy atom. The molecule has 0 fully saturated rings. The number of alkyl halides is 1. The molecular weight excluding hydrogens is 138 g/mol. The van der Waals surface area contributed by atoms with Crippen LogP contribution in [0.5, 0.6) is 5.88 Å². The van der Waals surface area contributed by atoms with Crippen molar-refractivity contribution in [3.63, 3.8) is 0 Å². The number of hydrogen-bond donors (Lipinski definition) is 0. The van der Waals surface area contributed by atoms with Crippen LogP contribution in [0.2, 0.25) is 0 Å². The first-order chi connectivity index (χ1) is 4.43. The number of pyridine rings is 1. The van der Waals surface area contributed by atoms with Crippen LogP contribution in [0.15, 0.2) is 24.4 Å². The second-order valence-electron chi connectivity index (χ2n) is 1.42. The minimum absolute atomic E-state index is 0.150. The van der Waals surface area contributed by atoms with Crippen LogP contribution in [0.25, 0.3) is 0 Å². The summed E-state index contributed by atoms with van der Waals surface area (Å²) in [5.74, 6) is 0.563. The molecule has 1 rings (SSSR count). The molecule has 1 aromatic heterocycles. The quantitative estimate of drug-likeness (QED) is 0.588. The van der Waals surface area contributed by atoms with Gasteiger partial charge in [-0.25, -0.2) is 4.98 Å². The van der Waals surface area contributed by atoms with Gasteiger partial charge in [-0.05, 0) is 6.07 Å². The van der Waals surface area contributed by atoms with E-state index in [1.54, 1.807) is 12.3 Å². The number of rotatable bonds is 2. The lowest BCUT2D eigenvalue weighted by atomic mass is 10.5. The first kappa shape index (κ1) is 6.36. The van der Waals surface area contributed by atoms with Crippen molar-refractivity contribution in [3.8, 4) is 5.88 Å². The summed E-state index contributed by atoms with van der Waals surface area (Å²) in [6.45, 7) is 0. The summed E-state index contributed by atoms with van der Waals surface area (Å²) in [5.41, 5.74) is 0. The molecule has 1 aromatic rings. The normalized spacial score (nSPS) is 9.00. The van der Waals surface area contributed by atoms with E-state index in [9.17, 15) is 0 Å². The fourth-order valence-electron chi connectivity index (χ4n) is 0.488. The van der Waals surface area contributed by atoms with Crippen molar-refractivity contribution in [1.29, 1.82) is 0 Å². The summed E-state index contributed by atoms with van der Waals surface area (Å²) >= 11 is 5.27. The monoisotopic (exact) mass is 143 g/mol. The molecule has 0 unspecified atom stereocenters. The molecule has 1 heterocycles. The van der Waals surface area contributed by atoms with Gasteiger partial charge in [0.05, 0.1) is 0 Å². The molecule has 0 radical (unpaired) electrons. The van der Waals surface area contributed by atoms with Crippen molar-refractivity contribution in [2.45, 2.75) is 0 Å². The zero-order chi connectivity index (χ0) is 6.53. The third-order valence-electron chi connectivity index (χ3n) is 0.840. The predicted molar refractivity (Wildman–Crippen MR) is 35.6 cm³/mol. The minimum Gasteiger partial charge on any atom is -0.461 e. The smallest absolute Gasteiger partial charge is 0.214 e. The zero-order valence-corrected chi connectivity index (χ0v) is 5.51. The molecule has 0 saturated carbocycles. The molecule has 0 spiro atoms. The summed E-state index contributed by atoms with van der Waals surface area (Å²) in [7, 11) is 0. The third kappa shape index (κ3) is 1.90. The topological polar surface area (TPSA) is 22.1 Å². The predicted octanol–water partition coefficient (Wildman–Crippen LogP) is 1.66. The molecule has 0 N–H and O–H groups in total. The lowest BCUT2D eigenvalue weighted by Gasteiger charge is -1.96. The molecule has 0 aliphatic carbocycles. The Balaban J connectivity index is 2.61.